The Morgan fingerprint density at radius 2 is 2.13 bits per heavy atom. The summed E-state index contributed by atoms with van der Waals surface area (Å²) in [6, 6.07) is 11.2. The third-order valence-electron chi connectivity index (χ3n) is 3.85. The predicted molar refractivity (Wildman–Crippen MR) is 93.8 cm³/mol. The summed E-state index contributed by atoms with van der Waals surface area (Å²) in [7, 11) is -3.18. The van der Waals surface area contributed by atoms with Crippen molar-refractivity contribution in [2.24, 2.45) is 10.7 Å². The van der Waals surface area contributed by atoms with Gasteiger partial charge in [0.25, 0.3) is 0 Å². The van der Waals surface area contributed by atoms with Crippen LogP contribution in [0, 0.1) is 0 Å². The molecule has 1 atom stereocenters. The fraction of sp³-hybridized carbons (Fsp3) is 0.312. The highest BCUT2D eigenvalue weighted by atomic mass is 32.2. The van der Waals surface area contributed by atoms with Crippen LogP contribution in [-0.4, -0.2) is 33.2 Å². The van der Waals surface area contributed by atoms with Gasteiger partial charge in [0.05, 0.1) is 17.2 Å². The lowest BCUT2D eigenvalue weighted by molar-refractivity contribution is 0.597. The normalized spacial score (nSPS) is 19.5. The first-order valence-corrected chi connectivity index (χ1v) is 9.97. The van der Waals surface area contributed by atoms with E-state index >= 15 is 0 Å². The van der Waals surface area contributed by atoms with Crippen LogP contribution in [0.4, 0.5) is 0 Å². The van der Waals surface area contributed by atoms with Crippen molar-refractivity contribution in [3.05, 3.63) is 52.2 Å². The van der Waals surface area contributed by atoms with Crippen molar-refractivity contribution in [1.82, 2.24) is 5.32 Å². The number of hydrogen-bond donors (Lipinski definition) is 2. The van der Waals surface area contributed by atoms with Gasteiger partial charge < -0.3 is 11.1 Å². The molecule has 2 aromatic rings. The third-order valence-corrected chi connectivity index (χ3v) is 6.67. The molecule has 2 heterocycles. The van der Waals surface area contributed by atoms with Crippen molar-refractivity contribution < 1.29 is 8.42 Å². The van der Waals surface area contributed by atoms with E-state index in [1.807, 2.05) is 23.6 Å². The van der Waals surface area contributed by atoms with Crippen LogP contribution in [0.2, 0.25) is 0 Å². The molecule has 5 nitrogen and oxygen atoms in total. The fourth-order valence-corrected chi connectivity index (χ4v) is 5.31. The first-order valence-electron chi connectivity index (χ1n) is 7.44. The zero-order valence-electron chi connectivity index (χ0n) is 12.6. The number of nitrogens with two attached hydrogens (primary N) is 1. The number of benzene rings is 1. The van der Waals surface area contributed by atoms with Gasteiger partial charge in [-0.1, -0.05) is 24.3 Å². The van der Waals surface area contributed by atoms with E-state index in [1.165, 1.54) is 4.88 Å². The number of hydrogen-bond acceptors (Lipinski definition) is 4. The molecule has 0 radical (unpaired) electrons. The molecule has 3 rings (SSSR count). The number of rotatable bonds is 5. The maximum atomic E-state index is 12.1. The summed E-state index contributed by atoms with van der Waals surface area (Å²) in [5.74, 6) is 0.357. The summed E-state index contributed by atoms with van der Waals surface area (Å²) in [5.41, 5.74) is 6.72. The second kappa shape index (κ2) is 6.72. The van der Waals surface area contributed by atoms with Crippen LogP contribution in [0.5, 0.6) is 0 Å². The van der Waals surface area contributed by atoms with Crippen molar-refractivity contribution in [3.8, 4) is 0 Å². The van der Waals surface area contributed by atoms with Gasteiger partial charge in [0.1, 0.15) is 0 Å². The van der Waals surface area contributed by atoms with Gasteiger partial charge in [-0.2, -0.15) is 0 Å². The van der Waals surface area contributed by atoms with Gasteiger partial charge in [-0.3, -0.25) is 4.99 Å². The van der Waals surface area contributed by atoms with Crippen LogP contribution < -0.4 is 11.1 Å². The van der Waals surface area contributed by atoms with Gasteiger partial charge in [-0.25, -0.2) is 8.42 Å². The first-order chi connectivity index (χ1) is 11.1. The summed E-state index contributed by atoms with van der Waals surface area (Å²) in [5, 5.41) is 5.12. The van der Waals surface area contributed by atoms with Crippen LogP contribution in [0.15, 0.2) is 51.7 Å². The van der Waals surface area contributed by atoms with Crippen molar-refractivity contribution in [1.29, 1.82) is 0 Å². The van der Waals surface area contributed by atoms with Crippen molar-refractivity contribution in [2.75, 3.05) is 18.8 Å². The Hall–Kier alpha value is -1.86. The van der Waals surface area contributed by atoms with E-state index < -0.39 is 9.84 Å². The largest absolute Gasteiger partial charge is 0.370 e. The highest BCUT2D eigenvalue weighted by molar-refractivity contribution is 7.91. The Bertz CT molecular complexity index is 798. The van der Waals surface area contributed by atoms with E-state index in [1.54, 1.807) is 23.5 Å². The molecule has 0 bridgehead atoms. The molecule has 1 unspecified atom stereocenters. The number of nitrogens with zero attached hydrogens (tertiary/aromatic N) is 1. The Labute approximate surface area is 140 Å². The van der Waals surface area contributed by atoms with Gasteiger partial charge in [0.2, 0.25) is 0 Å². The summed E-state index contributed by atoms with van der Waals surface area (Å²) >= 11 is 1.71. The maximum absolute atomic E-state index is 12.1. The van der Waals surface area contributed by atoms with E-state index in [-0.39, 0.29) is 11.7 Å². The molecule has 3 N–H and O–H groups in total. The molecule has 0 spiro atoms. The molecular weight excluding hydrogens is 330 g/mol. The Morgan fingerprint density at radius 3 is 2.91 bits per heavy atom. The molecule has 1 aromatic heterocycles. The Balaban J connectivity index is 1.57. The van der Waals surface area contributed by atoms with Crippen LogP contribution in [0.1, 0.15) is 16.4 Å². The maximum Gasteiger partial charge on any atom is 0.188 e. The number of nitrogens with one attached hydrogen (secondary N) is 1. The molecule has 0 saturated carbocycles. The number of thiophene rings is 1. The van der Waals surface area contributed by atoms with Gasteiger partial charge in [-0.15, -0.1) is 11.3 Å². The minimum atomic E-state index is -3.18. The second-order valence-electron chi connectivity index (χ2n) is 5.50. The highest BCUT2D eigenvalue weighted by Crippen LogP contribution is 2.34. The lowest BCUT2D eigenvalue weighted by Crippen LogP contribution is -2.33. The molecule has 0 aliphatic carbocycles. The van der Waals surface area contributed by atoms with E-state index in [4.69, 9.17) is 5.73 Å². The molecule has 1 aromatic carbocycles. The molecule has 0 amide bonds. The average molecular weight is 349 g/mol. The summed E-state index contributed by atoms with van der Waals surface area (Å²) < 4.78 is 24.2. The van der Waals surface area contributed by atoms with Crippen LogP contribution in [0.25, 0.3) is 0 Å². The van der Waals surface area contributed by atoms with E-state index in [0.717, 1.165) is 18.5 Å². The molecule has 0 saturated heterocycles. The number of guanidine groups is 1. The molecule has 0 fully saturated rings. The molecule has 1 aliphatic rings. The van der Waals surface area contributed by atoms with Crippen LogP contribution in [0.3, 0.4) is 0 Å². The molecule has 7 heteroatoms. The second-order valence-corrected chi connectivity index (χ2v) is 8.53. The zero-order chi connectivity index (χ0) is 16.3. The third kappa shape index (κ3) is 3.73. The molecule has 23 heavy (non-hydrogen) atoms. The standard InChI is InChI=1S/C16H19N3O2S2/c17-16(18-8-7-13-4-3-9-22-13)19-10-12-11-23(20,21)15-6-2-1-5-14(12)15/h1-6,9,12H,7-8,10-11H2,(H3,17,18,19). The predicted octanol–water partition coefficient (Wildman–Crippen LogP) is 1.77. The molecule has 122 valence electrons. The number of sulfone groups is 1. The van der Waals surface area contributed by atoms with Gasteiger partial charge in [0.15, 0.2) is 15.8 Å². The van der Waals surface area contributed by atoms with Crippen LogP contribution in [-0.2, 0) is 16.3 Å². The SMILES string of the molecule is NC(=NCC1CS(=O)(=O)c2ccccc21)NCCc1cccs1. The summed E-state index contributed by atoms with van der Waals surface area (Å²) in [4.78, 5) is 6.04. The average Bonchev–Trinajstić information content (AvgIpc) is 3.12. The van der Waals surface area contributed by atoms with Gasteiger partial charge in [0, 0.05) is 17.3 Å². The topological polar surface area (TPSA) is 84.5 Å². The van der Waals surface area contributed by atoms with Crippen LogP contribution >= 0.6 is 11.3 Å². The minimum absolute atomic E-state index is 0.109. The van der Waals surface area contributed by atoms with Crippen molar-refractivity contribution in [2.45, 2.75) is 17.2 Å². The monoisotopic (exact) mass is 349 g/mol. The lowest BCUT2D eigenvalue weighted by Gasteiger charge is -2.08. The van der Waals surface area contributed by atoms with E-state index in [9.17, 15) is 8.42 Å². The van der Waals surface area contributed by atoms with Gasteiger partial charge >= 0.3 is 0 Å². The quantitative estimate of drug-likeness (QED) is 0.636. The highest BCUT2D eigenvalue weighted by Gasteiger charge is 2.33. The van der Waals surface area contributed by atoms with Gasteiger partial charge in [-0.05, 0) is 29.5 Å². The Morgan fingerprint density at radius 1 is 1.30 bits per heavy atom. The van der Waals surface area contributed by atoms with E-state index in [2.05, 4.69) is 16.4 Å². The summed E-state index contributed by atoms with van der Waals surface area (Å²) in [6.07, 6.45) is 0.897. The molecule has 1 aliphatic heterocycles. The smallest absolute Gasteiger partial charge is 0.188 e. The fourth-order valence-electron chi connectivity index (χ4n) is 2.73. The Kier molecular flexibility index (Phi) is 4.68. The summed E-state index contributed by atoms with van der Waals surface area (Å²) in [6.45, 7) is 1.10. The zero-order valence-corrected chi connectivity index (χ0v) is 14.2. The molecular formula is C16H19N3O2S2. The number of aliphatic imine (C=N–C) groups is 1. The first kappa shape index (κ1) is 16.0. The van der Waals surface area contributed by atoms with Crippen molar-refractivity contribution in [3.63, 3.8) is 0 Å². The number of fused-ring (bicyclic) bond motifs is 1. The lowest BCUT2D eigenvalue weighted by atomic mass is 10.0. The van der Waals surface area contributed by atoms with Crippen molar-refractivity contribution >= 4 is 27.1 Å². The van der Waals surface area contributed by atoms with E-state index in [0.29, 0.717) is 17.4 Å². The minimum Gasteiger partial charge on any atom is -0.370 e.